The van der Waals surface area contributed by atoms with Gasteiger partial charge in [-0.15, -0.1) is 11.8 Å². The highest BCUT2D eigenvalue weighted by Crippen LogP contribution is 2.16. The van der Waals surface area contributed by atoms with Gasteiger partial charge in [-0.1, -0.05) is 30.3 Å². The Morgan fingerprint density at radius 1 is 1.35 bits per heavy atom. The van der Waals surface area contributed by atoms with E-state index < -0.39 is 0 Å². The Labute approximate surface area is 104 Å². The number of hydrogen-bond donors (Lipinski definition) is 1. The first-order valence-electron chi connectivity index (χ1n) is 6.30. The molecule has 2 nitrogen and oxygen atoms in total. The van der Waals surface area contributed by atoms with Crippen LogP contribution in [0.5, 0.6) is 0 Å². The highest BCUT2D eigenvalue weighted by Gasteiger charge is 2.19. The van der Waals surface area contributed by atoms with E-state index in [9.17, 15) is 0 Å². The molecule has 0 aliphatic carbocycles. The molecule has 90 valence electrons. The largest absolute Gasteiger partial charge is 0.308 e. The molecule has 0 bridgehead atoms. The number of rotatable bonds is 3. The summed E-state index contributed by atoms with van der Waals surface area (Å²) in [4.78, 5) is 2.50. The molecule has 0 aromatic heterocycles. The zero-order chi connectivity index (χ0) is 11.9. The maximum Gasteiger partial charge on any atom is 0.0449 e. The second kappa shape index (κ2) is 6.44. The molecule has 17 heavy (non-hydrogen) atoms. The minimum atomic E-state index is 0.472. The summed E-state index contributed by atoms with van der Waals surface area (Å²) in [5.41, 5.74) is 1.39. The Hall–Kier alpha value is -1.30. The molecule has 1 aliphatic rings. The van der Waals surface area contributed by atoms with Crippen LogP contribution in [0.25, 0.3) is 0 Å². The number of piperazine rings is 1. The van der Waals surface area contributed by atoms with Crippen LogP contribution in [-0.4, -0.2) is 31.1 Å². The first kappa shape index (κ1) is 12.2. The van der Waals surface area contributed by atoms with Crippen molar-refractivity contribution in [2.75, 3.05) is 26.2 Å². The van der Waals surface area contributed by atoms with Crippen molar-refractivity contribution in [2.45, 2.75) is 19.4 Å². The SMILES string of the molecule is CC#CCCN1CCNC(c2ccccc2)C1. The van der Waals surface area contributed by atoms with Crippen molar-refractivity contribution in [3.05, 3.63) is 35.9 Å². The highest BCUT2D eigenvalue weighted by molar-refractivity contribution is 5.19. The zero-order valence-corrected chi connectivity index (χ0v) is 10.4. The summed E-state index contributed by atoms with van der Waals surface area (Å²) in [5.74, 6) is 6.10. The van der Waals surface area contributed by atoms with Crippen molar-refractivity contribution in [2.24, 2.45) is 0 Å². The number of nitrogens with zero attached hydrogens (tertiary/aromatic N) is 1. The van der Waals surface area contributed by atoms with Gasteiger partial charge in [-0.25, -0.2) is 0 Å². The Kier molecular flexibility index (Phi) is 4.61. The van der Waals surface area contributed by atoms with Crippen LogP contribution in [0.15, 0.2) is 30.3 Å². The number of benzene rings is 1. The Balaban J connectivity index is 1.90. The van der Waals surface area contributed by atoms with Crippen molar-refractivity contribution in [1.29, 1.82) is 0 Å². The Bertz CT molecular complexity index is 388. The molecule has 0 amide bonds. The maximum atomic E-state index is 3.58. The van der Waals surface area contributed by atoms with Gasteiger partial charge in [0.2, 0.25) is 0 Å². The molecule has 1 aliphatic heterocycles. The van der Waals surface area contributed by atoms with Gasteiger partial charge in [0.25, 0.3) is 0 Å². The average Bonchev–Trinajstić information content (AvgIpc) is 2.41. The standard InChI is InChI=1S/C15H20N2/c1-2-3-7-11-17-12-10-16-15(13-17)14-8-5-4-6-9-14/h4-6,8-9,15-16H,7,10-13H2,1H3. The molecule has 0 radical (unpaired) electrons. The summed E-state index contributed by atoms with van der Waals surface area (Å²) >= 11 is 0. The minimum Gasteiger partial charge on any atom is -0.308 e. The third-order valence-electron chi connectivity index (χ3n) is 3.19. The molecule has 2 heteroatoms. The van der Waals surface area contributed by atoms with Gasteiger partial charge in [-0.3, -0.25) is 4.90 Å². The summed E-state index contributed by atoms with van der Waals surface area (Å²) in [7, 11) is 0. The van der Waals surface area contributed by atoms with Crippen molar-refractivity contribution >= 4 is 0 Å². The van der Waals surface area contributed by atoms with Crippen LogP contribution in [0.1, 0.15) is 24.9 Å². The topological polar surface area (TPSA) is 15.3 Å². The molecule has 1 unspecified atom stereocenters. The van der Waals surface area contributed by atoms with Gasteiger partial charge in [0.15, 0.2) is 0 Å². The van der Waals surface area contributed by atoms with Crippen LogP contribution in [0, 0.1) is 11.8 Å². The van der Waals surface area contributed by atoms with Crippen LogP contribution in [0.4, 0.5) is 0 Å². The molecule has 1 fully saturated rings. The minimum absolute atomic E-state index is 0.472. The summed E-state index contributed by atoms with van der Waals surface area (Å²) in [5, 5.41) is 3.58. The third kappa shape index (κ3) is 3.59. The van der Waals surface area contributed by atoms with Gasteiger partial charge in [-0.2, -0.15) is 0 Å². The van der Waals surface area contributed by atoms with E-state index in [-0.39, 0.29) is 0 Å². The van der Waals surface area contributed by atoms with Gasteiger partial charge < -0.3 is 5.32 Å². The summed E-state index contributed by atoms with van der Waals surface area (Å²) in [6, 6.07) is 11.2. The van der Waals surface area contributed by atoms with Crippen molar-refractivity contribution in [1.82, 2.24) is 10.2 Å². The molecule has 1 saturated heterocycles. The molecular formula is C15H20N2. The average molecular weight is 228 g/mol. The molecule has 1 aromatic carbocycles. The van der Waals surface area contributed by atoms with E-state index in [0.29, 0.717) is 6.04 Å². The maximum absolute atomic E-state index is 3.58. The Morgan fingerprint density at radius 3 is 2.94 bits per heavy atom. The predicted octanol–water partition coefficient (Wildman–Crippen LogP) is 2.05. The molecule has 1 N–H and O–H groups in total. The highest BCUT2D eigenvalue weighted by atomic mass is 15.2. The third-order valence-corrected chi connectivity index (χ3v) is 3.19. The van der Waals surface area contributed by atoms with Crippen LogP contribution in [0.2, 0.25) is 0 Å². The quantitative estimate of drug-likeness (QED) is 0.797. The van der Waals surface area contributed by atoms with Gasteiger partial charge >= 0.3 is 0 Å². The van der Waals surface area contributed by atoms with Gasteiger partial charge in [-0.05, 0) is 12.5 Å². The fourth-order valence-electron chi connectivity index (χ4n) is 2.26. The van der Waals surface area contributed by atoms with Crippen molar-refractivity contribution in [3.63, 3.8) is 0 Å². The molecule has 1 atom stereocenters. The summed E-state index contributed by atoms with van der Waals surface area (Å²) < 4.78 is 0. The monoisotopic (exact) mass is 228 g/mol. The molecule has 1 heterocycles. The van der Waals surface area contributed by atoms with Crippen molar-refractivity contribution in [3.8, 4) is 11.8 Å². The number of nitrogens with one attached hydrogen (secondary N) is 1. The summed E-state index contributed by atoms with van der Waals surface area (Å²) in [6.45, 7) is 6.29. The van der Waals surface area contributed by atoms with Gasteiger partial charge in [0.1, 0.15) is 0 Å². The van der Waals surface area contributed by atoms with Crippen LogP contribution in [0.3, 0.4) is 0 Å². The van der Waals surface area contributed by atoms with Crippen LogP contribution in [-0.2, 0) is 0 Å². The van der Waals surface area contributed by atoms with E-state index in [2.05, 4.69) is 52.4 Å². The lowest BCUT2D eigenvalue weighted by Gasteiger charge is -2.33. The lowest BCUT2D eigenvalue weighted by Crippen LogP contribution is -2.45. The summed E-state index contributed by atoms with van der Waals surface area (Å²) in [6.07, 6.45) is 0.984. The molecule has 0 saturated carbocycles. The molecule has 2 rings (SSSR count). The van der Waals surface area contributed by atoms with E-state index >= 15 is 0 Å². The second-order valence-corrected chi connectivity index (χ2v) is 4.39. The van der Waals surface area contributed by atoms with E-state index in [4.69, 9.17) is 0 Å². The smallest absolute Gasteiger partial charge is 0.0449 e. The fourth-order valence-corrected chi connectivity index (χ4v) is 2.26. The van der Waals surface area contributed by atoms with Crippen LogP contribution < -0.4 is 5.32 Å². The number of hydrogen-bond acceptors (Lipinski definition) is 2. The van der Waals surface area contributed by atoms with E-state index in [0.717, 1.165) is 32.6 Å². The Morgan fingerprint density at radius 2 is 2.18 bits per heavy atom. The molecule has 1 aromatic rings. The normalized spacial score (nSPS) is 20.6. The van der Waals surface area contributed by atoms with E-state index in [1.54, 1.807) is 0 Å². The van der Waals surface area contributed by atoms with Crippen molar-refractivity contribution < 1.29 is 0 Å². The first-order chi connectivity index (χ1) is 8.40. The van der Waals surface area contributed by atoms with Gasteiger partial charge in [0, 0.05) is 38.6 Å². The van der Waals surface area contributed by atoms with Crippen LogP contribution >= 0.6 is 0 Å². The molecular weight excluding hydrogens is 208 g/mol. The lowest BCUT2D eigenvalue weighted by atomic mass is 10.0. The first-order valence-corrected chi connectivity index (χ1v) is 6.30. The fraction of sp³-hybridized carbons (Fsp3) is 0.467. The lowest BCUT2D eigenvalue weighted by molar-refractivity contribution is 0.205. The predicted molar refractivity (Wildman–Crippen MR) is 71.7 cm³/mol. The van der Waals surface area contributed by atoms with Gasteiger partial charge in [0.05, 0.1) is 0 Å². The second-order valence-electron chi connectivity index (χ2n) is 4.39. The van der Waals surface area contributed by atoms with E-state index in [1.165, 1.54) is 5.56 Å². The van der Waals surface area contributed by atoms with E-state index in [1.807, 2.05) is 6.92 Å². The molecule has 0 spiro atoms. The zero-order valence-electron chi connectivity index (χ0n) is 10.4.